The SMILES string of the molecule is C#CCN(/C=C/C(=O)N1C(=O)OC[C@@H]1C(C)C)CCc1c(C(=C)C(=O)OC)[nH]c2ccccc12. The van der Waals surface area contributed by atoms with E-state index in [9.17, 15) is 14.4 Å². The Kier molecular flexibility index (Phi) is 7.79. The second-order valence-electron chi connectivity index (χ2n) is 8.33. The van der Waals surface area contributed by atoms with Crippen LogP contribution in [-0.2, 0) is 25.5 Å². The van der Waals surface area contributed by atoms with Crippen molar-refractivity contribution >= 4 is 34.4 Å². The Morgan fingerprint density at radius 2 is 2.15 bits per heavy atom. The monoisotopic (exact) mass is 463 g/mol. The zero-order chi connectivity index (χ0) is 24.8. The number of carbonyl (C=O) groups excluding carboxylic acids is 3. The number of H-pyrrole nitrogens is 1. The van der Waals surface area contributed by atoms with Crippen LogP contribution in [0, 0.1) is 18.3 Å². The summed E-state index contributed by atoms with van der Waals surface area (Å²) in [6, 6.07) is 7.40. The van der Waals surface area contributed by atoms with Gasteiger partial charge in [-0.1, -0.05) is 44.5 Å². The van der Waals surface area contributed by atoms with Gasteiger partial charge in [0.1, 0.15) is 6.61 Å². The molecule has 1 fully saturated rings. The minimum atomic E-state index is -0.637. The molecule has 8 heteroatoms. The highest BCUT2D eigenvalue weighted by molar-refractivity contribution is 6.16. The second kappa shape index (κ2) is 10.8. The zero-order valence-corrected chi connectivity index (χ0v) is 19.7. The number of esters is 1. The van der Waals surface area contributed by atoms with Crippen LogP contribution in [0.4, 0.5) is 4.79 Å². The lowest BCUT2D eigenvalue weighted by Crippen LogP contribution is -2.41. The predicted octanol–water partition coefficient (Wildman–Crippen LogP) is 3.35. The number of ether oxygens (including phenoxy) is 2. The van der Waals surface area contributed by atoms with Gasteiger partial charge < -0.3 is 19.4 Å². The van der Waals surface area contributed by atoms with Crippen LogP contribution in [0.1, 0.15) is 25.1 Å². The van der Waals surface area contributed by atoms with Gasteiger partial charge in [-0.05, 0) is 24.0 Å². The van der Waals surface area contributed by atoms with Gasteiger partial charge >= 0.3 is 12.1 Å². The molecule has 2 heterocycles. The molecule has 0 unspecified atom stereocenters. The number of aromatic nitrogens is 1. The maximum atomic E-state index is 12.7. The summed E-state index contributed by atoms with van der Waals surface area (Å²) in [6.45, 7) is 8.67. The fourth-order valence-corrected chi connectivity index (χ4v) is 3.95. The lowest BCUT2D eigenvalue weighted by Gasteiger charge is -2.22. The van der Waals surface area contributed by atoms with Gasteiger partial charge in [0, 0.05) is 29.7 Å². The molecular weight excluding hydrogens is 434 g/mol. The van der Waals surface area contributed by atoms with Crippen LogP contribution in [0.15, 0.2) is 43.1 Å². The van der Waals surface area contributed by atoms with Crippen LogP contribution in [-0.4, -0.2) is 65.6 Å². The van der Waals surface area contributed by atoms with E-state index in [2.05, 4.69) is 17.5 Å². The average Bonchev–Trinajstić information content (AvgIpc) is 3.40. The van der Waals surface area contributed by atoms with Crippen LogP contribution in [0.25, 0.3) is 16.5 Å². The number of benzene rings is 1. The first kappa shape index (κ1) is 24.6. The number of nitrogens with one attached hydrogen (secondary N) is 1. The number of amides is 2. The lowest BCUT2D eigenvalue weighted by atomic mass is 10.0. The van der Waals surface area contributed by atoms with E-state index in [-0.39, 0.29) is 30.7 Å². The lowest BCUT2D eigenvalue weighted by molar-refractivity contribution is -0.133. The Balaban J connectivity index is 1.80. The van der Waals surface area contributed by atoms with Crippen molar-refractivity contribution in [2.75, 3.05) is 26.8 Å². The van der Waals surface area contributed by atoms with Gasteiger partial charge in [0.05, 0.1) is 31.0 Å². The van der Waals surface area contributed by atoms with Crippen LogP contribution in [0.2, 0.25) is 0 Å². The summed E-state index contributed by atoms with van der Waals surface area (Å²) >= 11 is 0. The van der Waals surface area contributed by atoms with E-state index in [4.69, 9.17) is 15.9 Å². The molecule has 0 saturated carbocycles. The van der Waals surface area contributed by atoms with E-state index in [0.29, 0.717) is 18.7 Å². The average molecular weight is 464 g/mol. The number of hydrogen-bond donors (Lipinski definition) is 1. The molecule has 3 rings (SSSR count). The summed E-state index contributed by atoms with van der Waals surface area (Å²) in [4.78, 5) is 43.1. The van der Waals surface area contributed by atoms with Crippen molar-refractivity contribution < 1.29 is 23.9 Å². The molecule has 2 amide bonds. The number of imide groups is 1. The molecule has 178 valence electrons. The van der Waals surface area contributed by atoms with Crippen molar-refractivity contribution in [3.63, 3.8) is 0 Å². The van der Waals surface area contributed by atoms with Gasteiger partial charge in [-0.2, -0.15) is 0 Å². The van der Waals surface area contributed by atoms with Crippen LogP contribution in [0.5, 0.6) is 0 Å². The maximum absolute atomic E-state index is 12.7. The van der Waals surface area contributed by atoms with Crippen molar-refractivity contribution in [2.24, 2.45) is 5.92 Å². The highest BCUT2D eigenvalue weighted by atomic mass is 16.6. The third-order valence-electron chi connectivity index (χ3n) is 5.83. The van der Waals surface area contributed by atoms with Gasteiger partial charge in [-0.15, -0.1) is 6.42 Å². The molecule has 1 N–H and O–H groups in total. The molecule has 1 atom stereocenters. The molecule has 0 aliphatic carbocycles. The Morgan fingerprint density at radius 1 is 1.41 bits per heavy atom. The highest BCUT2D eigenvalue weighted by Crippen LogP contribution is 2.28. The number of nitrogens with zero attached hydrogens (tertiary/aromatic N) is 2. The number of cyclic esters (lactones) is 1. The summed E-state index contributed by atoms with van der Waals surface area (Å²) in [5.41, 5.74) is 2.61. The van der Waals surface area contributed by atoms with E-state index in [0.717, 1.165) is 21.4 Å². The third kappa shape index (κ3) is 5.15. The number of terminal acetylenes is 1. The Hall–Kier alpha value is -3.99. The minimum Gasteiger partial charge on any atom is -0.465 e. The van der Waals surface area contributed by atoms with Crippen molar-refractivity contribution in [3.8, 4) is 12.3 Å². The summed E-state index contributed by atoms with van der Waals surface area (Å²) in [5.74, 6) is 1.70. The molecule has 1 saturated heterocycles. The van der Waals surface area contributed by atoms with Crippen molar-refractivity contribution in [2.45, 2.75) is 26.3 Å². The summed E-state index contributed by atoms with van der Waals surface area (Å²) in [6.07, 6.45) is 8.36. The van der Waals surface area contributed by atoms with Crippen molar-refractivity contribution in [1.82, 2.24) is 14.8 Å². The minimum absolute atomic E-state index is 0.0776. The number of rotatable bonds is 9. The van der Waals surface area contributed by atoms with E-state index in [1.807, 2.05) is 38.1 Å². The molecule has 0 bridgehead atoms. The molecule has 0 radical (unpaired) electrons. The van der Waals surface area contributed by atoms with Gasteiger partial charge in [-0.3, -0.25) is 4.79 Å². The smallest absolute Gasteiger partial charge is 0.417 e. The number of methoxy groups -OCH3 is 1. The maximum Gasteiger partial charge on any atom is 0.417 e. The molecule has 34 heavy (non-hydrogen) atoms. The topological polar surface area (TPSA) is 91.9 Å². The molecule has 1 aromatic heterocycles. The largest absolute Gasteiger partial charge is 0.465 e. The number of aromatic amines is 1. The number of carbonyl (C=O) groups is 3. The zero-order valence-electron chi connectivity index (χ0n) is 19.7. The number of hydrogen-bond acceptors (Lipinski definition) is 6. The Bertz CT molecular complexity index is 1170. The summed E-state index contributed by atoms with van der Waals surface area (Å²) in [7, 11) is 1.31. The summed E-state index contributed by atoms with van der Waals surface area (Å²) in [5, 5.41) is 0.961. The van der Waals surface area contributed by atoms with Crippen LogP contribution >= 0.6 is 0 Å². The first-order valence-electron chi connectivity index (χ1n) is 11.0. The van der Waals surface area contributed by atoms with E-state index in [1.54, 1.807) is 11.1 Å². The molecule has 2 aromatic rings. The predicted molar refractivity (Wildman–Crippen MR) is 129 cm³/mol. The quantitative estimate of drug-likeness (QED) is 0.348. The standard InChI is InChI=1S/C26H29N3O5/c1-6-13-28(15-12-23(30)29-22(17(2)3)16-34-26(29)32)14-11-20-19-9-7-8-10-21(19)27-24(20)18(4)25(31)33-5/h1,7-10,12,15,17,22,27H,4,11,13-14,16H2,2-3,5H3/b15-12+/t22-/m1/s1. The Morgan fingerprint density at radius 3 is 2.82 bits per heavy atom. The normalized spacial score (nSPS) is 15.6. The van der Waals surface area contributed by atoms with E-state index < -0.39 is 18.0 Å². The highest BCUT2D eigenvalue weighted by Gasteiger charge is 2.38. The Labute approximate surface area is 199 Å². The molecule has 8 nitrogen and oxygen atoms in total. The fraction of sp³-hybridized carbons (Fsp3) is 0.346. The molecule has 1 aliphatic heterocycles. The summed E-state index contributed by atoms with van der Waals surface area (Å²) < 4.78 is 9.90. The van der Waals surface area contributed by atoms with Crippen LogP contribution in [0.3, 0.4) is 0 Å². The van der Waals surface area contributed by atoms with Crippen LogP contribution < -0.4 is 0 Å². The van der Waals surface area contributed by atoms with Gasteiger partial charge in [0.25, 0.3) is 5.91 Å². The first-order valence-corrected chi connectivity index (χ1v) is 11.0. The van der Waals surface area contributed by atoms with Crippen molar-refractivity contribution in [1.29, 1.82) is 0 Å². The third-order valence-corrected chi connectivity index (χ3v) is 5.83. The van der Waals surface area contributed by atoms with Gasteiger partial charge in [0.2, 0.25) is 0 Å². The van der Waals surface area contributed by atoms with E-state index >= 15 is 0 Å². The molecule has 0 spiro atoms. The molecule has 1 aromatic carbocycles. The van der Waals surface area contributed by atoms with Crippen molar-refractivity contribution in [3.05, 3.63) is 54.4 Å². The number of fused-ring (bicyclic) bond motifs is 1. The number of para-hydroxylation sites is 1. The van der Waals surface area contributed by atoms with Gasteiger partial charge in [0.15, 0.2) is 0 Å². The van der Waals surface area contributed by atoms with E-state index in [1.165, 1.54) is 13.2 Å². The fourth-order valence-electron chi connectivity index (χ4n) is 3.95. The molecular formula is C26H29N3O5. The molecule has 1 aliphatic rings. The second-order valence-corrected chi connectivity index (χ2v) is 8.33. The first-order chi connectivity index (χ1) is 16.3. The van der Waals surface area contributed by atoms with Gasteiger partial charge in [-0.25, -0.2) is 14.5 Å².